The van der Waals surface area contributed by atoms with Gasteiger partial charge in [0, 0.05) is 6.42 Å². The van der Waals surface area contributed by atoms with E-state index in [4.69, 9.17) is 14.2 Å². The summed E-state index contributed by atoms with van der Waals surface area (Å²) in [6, 6.07) is 26.2. The second-order valence-corrected chi connectivity index (χ2v) is 9.05. The first kappa shape index (κ1) is 27.3. The molecule has 5 heteroatoms. The standard InChI is InChI=1S/C20H25NO.C11H14O3/c1-2-7-19(8-3-1)17-22-20-12-10-18(11-13-20)9-6-16-21-14-4-5-15-21;1-9(12)7-8-14-11-5-3-10(13-2)4-6-11/h1-3,7-8,10-13H,4-6,9,14-17H2;3-6H,7-8H2,1-2H3. The van der Waals surface area contributed by atoms with Gasteiger partial charge in [-0.1, -0.05) is 42.5 Å². The Morgan fingerprint density at radius 1 is 0.778 bits per heavy atom. The van der Waals surface area contributed by atoms with Crippen LogP contribution in [0.15, 0.2) is 78.9 Å². The van der Waals surface area contributed by atoms with Crippen molar-refractivity contribution in [2.75, 3.05) is 33.4 Å². The summed E-state index contributed by atoms with van der Waals surface area (Å²) in [6.45, 7) is 6.46. The molecular formula is C31H39NO4. The average Bonchev–Trinajstić information content (AvgIpc) is 3.43. The van der Waals surface area contributed by atoms with Gasteiger partial charge in [-0.25, -0.2) is 0 Å². The van der Waals surface area contributed by atoms with Crippen molar-refractivity contribution in [1.29, 1.82) is 0 Å². The number of carbonyl (C=O) groups excluding carboxylic acids is 1. The molecule has 3 aromatic rings. The first-order chi connectivity index (χ1) is 17.6. The van der Waals surface area contributed by atoms with Gasteiger partial charge in [0.25, 0.3) is 0 Å². The molecule has 0 radical (unpaired) electrons. The highest BCUT2D eigenvalue weighted by atomic mass is 16.5. The summed E-state index contributed by atoms with van der Waals surface area (Å²) in [5.74, 6) is 2.64. The maximum atomic E-state index is 10.6. The zero-order chi connectivity index (χ0) is 25.4. The lowest BCUT2D eigenvalue weighted by Crippen LogP contribution is -2.20. The Balaban J connectivity index is 0.000000223. The fourth-order valence-corrected chi connectivity index (χ4v) is 3.99. The molecule has 192 valence electrons. The van der Waals surface area contributed by atoms with Gasteiger partial charge < -0.3 is 19.1 Å². The average molecular weight is 490 g/mol. The van der Waals surface area contributed by atoms with Crippen LogP contribution in [0, 0.1) is 0 Å². The molecule has 1 heterocycles. The van der Waals surface area contributed by atoms with E-state index in [2.05, 4.69) is 41.3 Å². The summed E-state index contributed by atoms with van der Waals surface area (Å²) in [4.78, 5) is 13.2. The number of nitrogens with zero attached hydrogens (tertiary/aromatic N) is 1. The summed E-state index contributed by atoms with van der Waals surface area (Å²) in [5.41, 5.74) is 2.61. The van der Waals surface area contributed by atoms with Crippen molar-refractivity contribution >= 4 is 5.78 Å². The second kappa shape index (κ2) is 15.6. The highest BCUT2D eigenvalue weighted by molar-refractivity contribution is 5.75. The van der Waals surface area contributed by atoms with Crippen LogP contribution in [-0.4, -0.2) is 44.0 Å². The lowest BCUT2D eigenvalue weighted by Gasteiger charge is -2.14. The normalized spacial score (nSPS) is 12.9. The van der Waals surface area contributed by atoms with E-state index in [1.165, 1.54) is 50.0 Å². The predicted octanol–water partition coefficient (Wildman–Crippen LogP) is 6.35. The molecule has 1 fully saturated rings. The molecule has 0 atom stereocenters. The molecule has 3 aromatic carbocycles. The largest absolute Gasteiger partial charge is 0.497 e. The molecule has 1 aliphatic heterocycles. The molecule has 1 aliphatic rings. The minimum atomic E-state index is 0.138. The lowest BCUT2D eigenvalue weighted by molar-refractivity contribution is -0.117. The number of aryl methyl sites for hydroxylation is 1. The molecule has 5 nitrogen and oxygen atoms in total. The van der Waals surface area contributed by atoms with Crippen LogP contribution in [0.3, 0.4) is 0 Å². The van der Waals surface area contributed by atoms with Crippen LogP contribution >= 0.6 is 0 Å². The SMILES string of the molecule is COc1ccc(OCCC(C)=O)cc1.c1ccc(COc2ccc(CCCN3CCCC3)cc2)cc1. The highest BCUT2D eigenvalue weighted by Gasteiger charge is 2.10. The Kier molecular flexibility index (Phi) is 11.8. The maximum Gasteiger partial charge on any atom is 0.133 e. The van der Waals surface area contributed by atoms with Crippen molar-refractivity contribution < 1.29 is 19.0 Å². The molecule has 0 N–H and O–H groups in total. The van der Waals surface area contributed by atoms with E-state index in [1.807, 2.05) is 42.5 Å². The molecule has 0 amide bonds. The Morgan fingerprint density at radius 3 is 2.03 bits per heavy atom. The number of hydrogen-bond donors (Lipinski definition) is 0. The second-order valence-electron chi connectivity index (χ2n) is 9.05. The van der Waals surface area contributed by atoms with E-state index in [9.17, 15) is 4.79 Å². The number of Topliss-reactive ketones (excluding diaryl/α,β-unsaturated/α-hetero) is 1. The quantitative estimate of drug-likeness (QED) is 0.297. The Labute approximate surface area is 216 Å². The number of rotatable bonds is 12. The minimum Gasteiger partial charge on any atom is -0.497 e. The maximum absolute atomic E-state index is 10.6. The number of carbonyl (C=O) groups is 1. The van der Waals surface area contributed by atoms with Crippen LogP contribution in [0.25, 0.3) is 0 Å². The van der Waals surface area contributed by atoms with Gasteiger partial charge in [0.05, 0.1) is 13.7 Å². The fraction of sp³-hybridized carbons (Fsp3) is 0.387. The monoisotopic (exact) mass is 489 g/mol. The van der Waals surface area contributed by atoms with Gasteiger partial charge in [0.2, 0.25) is 0 Å². The van der Waals surface area contributed by atoms with Crippen molar-refractivity contribution in [2.45, 2.75) is 45.6 Å². The summed E-state index contributed by atoms with van der Waals surface area (Å²) < 4.78 is 16.2. The molecule has 0 aromatic heterocycles. The Bertz CT molecular complexity index is 997. The van der Waals surface area contributed by atoms with E-state index in [0.717, 1.165) is 23.7 Å². The number of methoxy groups -OCH3 is 1. The van der Waals surface area contributed by atoms with Crippen LogP contribution in [0.5, 0.6) is 17.2 Å². The van der Waals surface area contributed by atoms with Crippen LogP contribution in [0.1, 0.15) is 43.7 Å². The third-order valence-corrected chi connectivity index (χ3v) is 6.09. The Hall–Kier alpha value is -3.31. The number of benzene rings is 3. The van der Waals surface area contributed by atoms with Crippen molar-refractivity contribution in [2.24, 2.45) is 0 Å². The van der Waals surface area contributed by atoms with Gasteiger partial charge in [-0.15, -0.1) is 0 Å². The molecule has 0 spiro atoms. The zero-order valence-corrected chi connectivity index (χ0v) is 21.7. The van der Waals surface area contributed by atoms with E-state index < -0.39 is 0 Å². The molecule has 1 saturated heterocycles. The van der Waals surface area contributed by atoms with Crippen LogP contribution < -0.4 is 14.2 Å². The van der Waals surface area contributed by atoms with E-state index >= 15 is 0 Å². The van der Waals surface area contributed by atoms with Crippen molar-refractivity contribution in [3.63, 3.8) is 0 Å². The first-order valence-electron chi connectivity index (χ1n) is 12.9. The van der Waals surface area contributed by atoms with Crippen LogP contribution in [0.4, 0.5) is 0 Å². The van der Waals surface area contributed by atoms with Gasteiger partial charge in [0.1, 0.15) is 29.6 Å². The summed E-state index contributed by atoms with van der Waals surface area (Å²) >= 11 is 0. The smallest absolute Gasteiger partial charge is 0.133 e. The molecular weight excluding hydrogens is 450 g/mol. The van der Waals surface area contributed by atoms with Gasteiger partial charge in [0.15, 0.2) is 0 Å². The number of hydrogen-bond acceptors (Lipinski definition) is 5. The third-order valence-electron chi connectivity index (χ3n) is 6.09. The van der Waals surface area contributed by atoms with E-state index in [0.29, 0.717) is 19.6 Å². The molecule has 4 rings (SSSR count). The van der Waals surface area contributed by atoms with Crippen molar-refractivity contribution in [3.05, 3.63) is 90.0 Å². The highest BCUT2D eigenvalue weighted by Crippen LogP contribution is 2.17. The summed E-state index contributed by atoms with van der Waals surface area (Å²) in [6.07, 6.45) is 5.63. The van der Waals surface area contributed by atoms with Gasteiger partial charge in [-0.05, 0) is 99.8 Å². The van der Waals surface area contributed by atoms with Gasteiger partial charge >= 0.3 is 0 Å². The molecule has 0 unspecified atom stereocenters. The Morgan fingerprint density at radius 2 is 1.39 bits per heavy atom. The van der Waals surface area contributed by atoms with E-state index in [1.54, 1.807) is 14.0 Å². The topological polar surface area (TPSA) is 48.0 Å². The van der Waals surface area contributed by atoms with Crippen molar-refractivity contribution in [1.82, 2.24) is 4.90 Å². The molecule has 0 aliphatic carbocycles. The number of likely N-dealkylation sites (tertiary alicyclic amines) is 1. The zero-order valence-electron chi connectivity index (χ0n) is 21.7. The van der Waals surface area contributed by atoms with Crippen LogP contribution in [-0.2, 0) is 17.8 Å². The number of ether oxygens (including phenoxy) is 3. The summed E-state index contributed by atoms with van der Waals surface area (Å²) in [7, 11) is 1.62. The molecule has 0 saturated carbocycles. The third kappa shape index (κ3) is 10.5. The van der Waals surface area contributed by atoms with Gasteiger partial charge in [-0.2, -0.15) is 0 Å². The minimum absolute atomic E-state index is 0.138. The van der Waals surface area contributed by atoms with Crippen LogP contribution in [0.2, 0.25) is 0 Å². The molecule has 0 bridgehead atoms. The molecule has 36 heavy (non-hydrogen) atoms. The van der Waals surface area contributed by atoms with Gasteiger partial charge in [-0.3, -0.25) is 4.79 Å². The fourth-order valence-electron chi connectivity index (χ4n) is 3.99. The lowest BCUT2D eigenvalue weighted by atomic mass is 10.1. The van der Waals surface area contributed by atoms with E-state index in [-0.39, 0.29) is 5.78 Å². The summed E-state index contributed by atoms with van der Waals surface area (Å²) in [5, 5.41) is 0. The van der Waals surface area contributed by atoms with Crippen molar-refractivity contribution in [3.8, 4) is 17.2 Å². The first-order valence-corrected chi connectivity index (χ1v) is 12.9. The predicted molar refractivity (Wildman–Crippen MR) is 145 cm³/mol. The number of ketones is 1.